The van der Waals surface area contributed by atoms with Gasteiger partial charge in [-0.2, -0.15) is 13.2 Å². The van der Waals surface area contributed by atoms with E-state index in [-0.39, 0.29) is 24.8 Å². The zero-order valence-corrected chi connectivity index (χ0v) is 13.1. The first-order valence-electron chi connectivity index (χ1n) is 7.67. The molecule has 0 bridgehead atoms. The highest BCUT2D eigenvalue weighted by Gasteiger charge is 2.31. The molecule has 1 atom stereocenters. The van der Waals surface area contributed by atoms with E-state index in [9.17, 15) is 22.8 Å². The fourth-order valence-electron chi connectivity index (χ4n) is 2.77. The highest BCUT2D eigenvalue weighted by atomic mass is 19.4. The molecule has 1 aliphatic heterocycles. The summed E-state index contributed by atoms with van der Waals surface area (Å²) in [5.74, 6) is -1.19. The SMILES string of the molecule is O=C1CC(C(=O)NCc2ccc(C(F)(F)F)cc2)c2ccccc2N1. The van der Waals surface area contributed by atoms with Crippen LogP contribution in [0.1, 0.15) is 29.0 Å². The predicted molar refractivity (Wildman–Crippen MR) is 85.7 cm³/mol. The lowest BCUT2D eigenvalue weighted by Crippen LogP contribution is -2.34. The van der Waals surface area contributed by atoms with Gasteiger partial charge in [-0.25, -0.2) is 0 Å². The van der Waals surface area contributed by atoms with Gasteiger partial charge in [0, 0.05) is 18.7 Å². The monoisotopic (exact) mass is 348 g/mol. The van der Waals surface area contributed by atoms with E-state index < -0.39 is 17.7 Å². The summed E-state index contributed by atoms with van der Waals surface area (Å²) in [6.07, 6.45) is -4.35. The number of fused-ring (bicyclic) bond motifs is 1. The Morgan fingerprint density at radius 2 is 1.80 bits per heavy atom. The van der Waals surface area contributed by atoms with E-state index >= 15 is 0 Å². The van der Waals surface area contributed by atoms with Crippen LogP contribution in [0.2, 0.25) is 0 Å². The lowest BCUT2D eigenvalue weighted by atomic mass is 9.90. The van der Waals surface area contributed by atoms with Crippen molar-refractivity contribution in [1.82, 2.24) is 5.32 Å². The highest BCUT2D eigenvalue weighted by Crippen LogP contribution is 2.32. The molecule has 2 N–H and O–H groups in total. The van der Waals surface area contributed by atoms with Crippen LogP contribution in [0.25, 0.3) is 0 Å². The van der Waals surface area contributed by atoms with Crippen LogP contribution in [0.5, 0.6) is 0 Å². The second kappa shape index (κ2) is 6.58. The quantitative estimate of drug-likeness (QED) is 0.893. The number of amides is 2. The second-order valence-corrected chi connectivity index (χ2v) is 5.80. The molecule has 2 amide bonds. The Balaban J connectivity index is 1.68. The first-order valence-corrected chi connectivity index (χ1v) is 7.67. The van der Waals surface area contributed by atoms with E-state index in [1.165, 1.54) is 12.1 Å². The zero-order valence-electron chi connectivity index (χ0n) is 13.1. The van der Waals surface area contributed by atoms with E-state index in [1.807, 2.05) is 0 Å². The van der Waals surface area contributed by atoms with Crippen LogP contribution in [-0.4, -0.2) is 11.8 Å². The van der Waals surface area contributed by atoms with Crippen molar-refractivity contribution in [2.24, 2.45) is 0 Å². The third kappa shape index (κ3) is 3.81. The van der Waals surface area contributed by atoms with Crippen LogP contribution in [0.3, 0.4) is 0 Å². The molecule has 130 valence electrons. The van der Waals surface area contributed by atoms with Crippen molar-refractivity contribution in [3.05, 3.63) is 65.2 Å². The van der Waals surface area contributed by atoms with Crippen LogP contribution >= 0.6 is 0 Å². The number of carbonyl (C=O) groups excluding carboxylic acids is 2. The average molecular weight is 348 g/mol. The number of benzene rings is 2. The van der Waals surface area contributed by atoms with Crippen LogP contribution < -0.4 is 10.6 Å². The Morgan fingerprint density at radius 1 is 1.12 bits per heavy atom. The minimum Gasteiger partial charge on any atom is -0.351 e. The second-order valence-electron chi connectivity index (χ2n) is 5.80. The number of hydrogen-bond acceptors (Lipinski definition) is 2. The van der Waals surface area contributed by atoms with Crippen molar-refractivity contribution < 1.29 is 22.8 Å². The maximum atomic E-state index is 12.5. The van der Waals surface area contributed by atoms with Gasteiger partial charge in [0.2, 0.25) is 11.8 Å². The Labute approximate surface area is 142 Å². The van der Waals surface area contributed by atoms with Gasteiger partial charge in [-0.3, -0.25) is 9.59 Å². The van der Waals surface area contributed by atoms with E-state index in [1.54, 1.807) is 24.3 Å². The van der Waals surface area contributed by atoms with E-state index in [0.717, 1.165) is 17.7 Å². The maximum Gasteiger partial charge on any atom is 0.416 e. The number of hydrogen-bond donors (Lipinski definition) is 2. The van der Waals surface area contributed by atoms with E-state index in [2.05, 4.69) is 10.6 Å². The van der Waals surface area contributed by atoms with E-state index in [0.29, 0.717) is 11.3 Å². The molecule has 1 heterocycles. The van der Waals surface area contributed by atoms with Crippen LogP contribution in [0.15, 0.2) is 48.5 Å². The molecule has 0 aliphatic carbocycles. The number of rotatable bonds is 3. The van der Waals surface area contributed by atoms with Crippen LogP contribution in [0, 0.1) is 0 Å². The highest BCUT2D eigenvalue weighted by molar-refractivity contribution is 6.01. The van der Waals surface area contributed by atoms with Gasteiger partial charge in [-0.05, 0) is 29.3 Å². The lowest BCUT2D eigenvalue weighted by molar-refractivity contribution is -0.137. The van der Waals surface area contributed by atoms with E-state index in [4.69, 9.17) is 0 Å². The fraction of sp³-hybridized carbons (Fsp3) is 0.222. The topological polar surface area (TPSA) is 58.2 Å². The molecule has 2 aromatic carbocycles. The van der Waals surface area contributed by atoms with Crippen LogP contribution in [-0.2, 0) is 22.3 Å². The summed E-state index contributed by atoms with van der Waals surface area (Å²) in [7, 11) is 0. The van der Waals surface area contributed by atoms with Crippen molar-refractivity contribution in [3.63, 3.8) is 0 Å². The minimum atomic E-state index is -4.39. The number of anilines is 1. The minimum absolute atomic E-state index is 0.0376. The standard InChI is InChI=1S/C18H15F3N2O2/c19-18(20,21)12-7-5-11(6-8-12)10-22-17(25)14-9-16(24)23-15-4-2-1-3-13(14)15/h1-8,14H,9-10H2,(H,22,25)(H,23,24). The van der Waals surface area contributed by atoms with Gasteiger partial charge < -0.3 is 10.6 Å². The summed E-state index contributed by atoms with van der Waals surface area (Å²) in [6.45, 7) is 0.0945. The van der Waals surface area contributed by atoms with Gasteiger partial charge in [-0.15, -0.1) is 0 Å². The molecule has 0 spiro atoms. The molecular weight excluding hydrogens is 333 g/mol. The fourth-order valence-corrected chi connectivity index (χ4v) is 2.77. The van der Waals surface area contributed by atoms with Crippen molar-refractivity contribution in [1.29, 1.82) is 0 Å². The zero-order chi connectivity index (χ0) is 18.0. The largest absolute Gasteiger partial charge is 0.416 e. The molecule has 2 aromatic rings. The molecule has 0 fully saturated rings. The Morgan fingerprint density at radius 3 is 2.48 bits per heavy atom. The van der Waals surface area contributed by atoms with Crippen molar-refractivity contribution in [2.45, 2.75) is 25.1 Å². The molecule has 0 aromatic heterocycles. The first kappa shape index (κ1) is 17.0. The van der Waals surface area contributed by atoms with Crippen molar-refractivity contribution in [3.8, 4) is 0 Å². The molecule has 0 radical (unpaired) electrons. The summed E-state index contributed by atoms with van der Waals surface area (Å²) in [4.78, 5) is 24.2. The molecular formula is C18H15F3N2O2. The third-order valence-electron chi connectivity index (χ3n) is 4.06. The Kier molecular flexibility index (Phi) is 4.48. The normalized spacial score (nSPS) is 16.8. The number of carbonyl (C=O) groups is 2. The molecule has 0 saturated carbocycles. The van der Waals surface area contributed by atoms with Gasteiger partial charge in [0.05, 0.1) is 11.5 Å². The lowest BCUT2D eigenvalue weighted by Gasteiger charge is -2.24. The van der Waals surface area contributed by atoms with Crippen molar-refractivity contribution in [2.75, 3.05) is 5.32 Å². The number of para-hydroxylation sites is 1. The summed E-state index contributed by atoms with van der Waals surface area (Å²) in [5.41, 5.74) is 1.15. The van der Waals surface area contributed by atoms with Gasteiger partial charge >= 0.3 is 6.18 Å². The predicted octanol–water partition coefficient (Wildman–Crippen LogP) is 3.45. The smallest absolute Gasteiger partial charge is 0.351 e. The number of halogens is 3. The average Bonchev–Trinajstić information content (AvgIpc) is 2.58. The Hall–Kier alpha value is -2.83. The summed E-state index contributed by atoms with van der Waals surface area (Å²) < 4.78 is 37.6. The molecule has 1 unspecified atom stereocenters. The molecule has 1 aliphatic rings. The molecule has 3 rings (SSSR count). The van der Waals surface area contributed by atoms with Gasteiger partial charge in [-0.1, -0.05) is 30.3 Å². The molecule has 4 nitrogen and oxygen atoms in total. The van der Waals surface area contributed by atoms with Crippen molar-refractivity contribution >= 4 is 17.5 Å². The van der Waals surface area contributed by atoms with Gasteiger partial charge in [0.15, 0.2) is 0 Å². The molecule has 0 saturated heterocycles. The van der Waals surface area contributed by atoms with Crippen LogP contribution in [0.4, 0.5) is 18.9 Å². The molecule has 7 heteroatoms. The summed E-state index contributed by atoms with van der Waals surface area (Å²) in [5, 5.41) is 5.40. The Bertz CT molecular complexity index is 801. The number of nitrogens with one attached hydrogen (secondary N) is 2. The first-order chi connectivity index (χ1) is 11.8. The number of alkyl halides is 3. The third-order valence-corrected chi connectivity index (χ3v) is 4.06. The van der Waals surface area contributed by atoms with Gasteiger partial charge in [0.1, 0.15) is 0 Å². The molecule has 25 heavy (non-hydrogen) atoms. The summed E-state index contributed by atoms with van der Waals surface area (Å²) >= 11 is 0. The maximum absolute atomic E-state index is 12.5. The van der Waals surface area contributed by atoms with Gasteiger partial charge in [0.25, 0.3) is 0 Å². The summed E-state index contributed by atoms with van der Waals surface area (Å²) in [6, 6.07) is 11.7.